The van der Waals surface area contributed by atoms with Crippen LogP contribution in [0.4, 0.5) is 0 Å². The topological polar surface area (TPSA) is 77.7 Å². The average Bonchev–Trinajstić information content (AvgIpc) is 3.39. The molecule has 0 atom stereocenters. The standard InChI is InChI=1S/C17H17BrN4O2S/c1-3-25(23,24)14-7-6-11(10-4-5-10)20-16(14)17-21-12-8-15(18)19-9-13(12)22(17)2/h6-10H,3-5H2,1-2H3. The van der Waals surface area contributed by atoms with Crippen molar-refractivity contribution in [2.75, 3.05) is 5.75 Å². The molecule has 3 aromatic heterocycles. The van der Waals surface area contributed by atoms with Gasteiger partial charge in [0.1, 0.15) is 10.3 Å². The van der Waals surface area contributed by atoms with E-state index < -0.39 is 9.84 Å². The van der Waals surface area contributed by atoms with Gasteiger partial charge in [0.05, 0.1) is 27.9 Å². The average molecular weight is 421 g/mol. The molecule has 1 saturated carbocycles. The van der Waals surface area contributed by atoms with Crippen LogP contribution in [0.3, 0.4) is 0 Å². The maximum Gasteiger partial charge on any atom is 0.180 e. The molecule has 0 bridgehead atoms. The molecule has 0 saturated heterocycles. The highest BCUT2D eigenvalue weighted by atomic mass is 79.9. The van der Waals surface area contributed by atoms with Gasteiger partial charge in [0.25, 0.3) is 0 Å². The third kappa shape index (κ3) is 2.87. The van der Waals surface area contributed by atoms with Gasteiger partial charge in [-0.25, -0.2) is 23.4 Å². The van der Waals surface area contributed by atoms with Crippen LogP contribution in [0.25, 0.3) is 22.6 Å². The van der Waals surface area contributed by atoms with E-state index in [1.54, 1.807) is 19.2 Å². The number of hydrogen-bond donors (Lipinski definition) is 0. The van der Waals surface area contributed by atoms with Gasteiger partial charge in [-0.15, -0.1) is 0 Å². The van der Waals surface area contributed by atoms with E-state index in [0.29, 0.717) is 22.0 Å². The van der Waals surface area contributed by atoms with Crippen LogP contribution in [0.1, 0.15) is 31.4 Å². The van der Waals surface area contributed by atoms with Crippen molar-refractivity contribution in [2.24, 2.45) is 7.05 Å². The summed E-state index contributed by atoms with van der Waals surface area (Å²) in [6.45, 7) is 1.64. The zero-order chi connectivity index (χ0) is 17.8. The second-order valence-electron chi connectivity index (χ2n) is 6.25. The second-order valence-corrected chi connectivity index (χ2v) is 9.31. The van der Waals surface area contributed by atoms with Gasteiger partial charge < -0.3 is 4.57 Å². The van der Waals surface area contributed by atoms with E-state index in [1.807, 2.05) is 23.7 Å². The molecule has 1 aliphatic rings. The molecule has 0 spiro atoms. The minimum Gasteiger partial charge on any atom is -0.324 e. The molecule has 130 valence electrons. The number of pyridine rings is 2. The fourth-order valence-electron chi connectivity index (χ4n) is 2.91. The first kappa shape index (κ1) is 16.7. The maximum absolute atomic E-state index is 12.6. The van der Waals surface area contributed by atoms with E-state index >= 15 is 0 Å². The summed E-state index contributed by atoms with van der Waals surface area (Å²) in [4.78, 5) is 13.8. The number of aromatic nitrogens is 4. The molecule has 3 heterocycles. The lowest BCUT2D eigenvalue weighted by atomic mass is 10.2. The number of sulfone groups is 1. The molecule has 1 aliphatic carbocycles. The van der Waals surface area contributed by atoms with Crippen molar-refractivity contribution < 1.29 is 8.42 Å². The largest absolute Gasteiger partial charge is 0.324 e. The van der Waals surface area contributed by atoms with Crippen molar-refractivity contribution in [1.29, 1.82) is 0 Å². The molecule has 0 radical (unpaired) electrons. The number of aryl methyl sites for hydroxylation is 1. The number of halogens is 1. The van der Waals surface area contributed by atoms with Crippen molar-refractivity contribution >= 4 is 36.8 Å². The first-order valence-corrected chi connectivity index (χ1v) is 10.6. The number of imidazole rings is 1. The van der Waals surface area contributed by atoms with Crippen molar-refractivity contribution in [1.82, 2.24) is 19.5 Å². The quantitative estimate of drug-likeness (QED) is 0.603. The van der Waals surface area contributed by atoms with Crippen LogP contribution in [-0.2, 0) is 16.9 Å². The van der Waals surface area contributed by atoms with Crippen LogP contribution < -0.4 is 0 Å². The van der Waals surface area contributed by atoms with Crippen LogP contribution in [0, 0.1) is 0 Å². The fourth-order valence-corrected chi connectivity index (χ4v) is 4.25. The molecule has 8 heteroatoms. The minimum atomic E-state index is -3.40. The smallest absolute Gasteiger partial charge is 0.180 e. The Balaban J connectivity index is 2.00. The van der Waals surface area contributed by atoms with Crippen molar-refractivity contribution in [3.8, 4) is 11.5 Å². The Morgan fingerprint density at radius 2 is 2.04 bits per heavy atom. The molecule has 25 heavy (non-hydrogen) atoms. The molecule has 1 fully saturated rings. The monoisotopic (exact) mass is 420 g/mol. The summed E-state index contributed by atoms with van der Waals surface area (Å²) in [7, 11) is -1.55. The summed E-state index contributed by atoms with van der Waals surface area (Å²) in [5.74, 6) is 1.01. The molecular formula is C17H17BrN4O2S. The van der Waals surface area contributed by atoms with Crippen molar-refractivity contribution in [2.45, 2.75) is 30.6 Å². The Hall–Kier alpha value is -1.80. The number of hydrogen-bond acceptors (Lipinski definition) is 5. The first-order valence-electron chi connectivity index (χ1n) is 8.12. The number of nitrogens with zero attached hydrogens (tertiary/aromatic N) is 4. The lowest BCUT2D eigenvalue weighted by molar-refractivity contribution is 0.597. The summed E-state index contributed by atoms with van der Waals surface area (Å²) in [6.07, 6.45) is 3.92. The van der Waals surface area contributed by atoms with E-state index in [4.69, 9.17) is 4.98 Å². The molecular weight excluding hydrogens is 404 g/mol. The van der Waals surface area contributed by atoms with Crippen LogP contribution in [0.15, 0.2) is 33.9 Å². The van der Waals surface area contributed by atoms with Gasteiger partial charge >= 0.3 is 0 Å². The van der Waals surface area contributed by atoms with Crippen molar-refractivity contribution in [3.63, 3.8) is 0 Å². The van der Waals surface area contributed by atoms with Crippen molar-refractivity contribution in [3.05, 3.63) is 34.7 Å². The Bertz CT molecular complexity index is 1090. The number of rotatable bonds is 4. The van der Waals surface area contributed by atoms with Gasteiger partial charge in [0.15, 0.2) is 15.7 Å². The lowest BCUT2D eigenvalue weighted by Gasteiger charge is -2.10. The van der Waals surface area contributed by atoms with E-state index in [-0.39, 0.29) is 10.6 Å². The first-order chi connectivity index (χ1) is 11.9. The van der Waals surface area contributed by atoms with Crippen LogP contribution in [0.5, 0.6) is 0 Å². The SMILES string of the molecule is CCS(=O)(=O)c1ccc(C2CC2)nc1-c1nc2cc(Br)ncc2n1C. The van der Waals surface area contributed by atoms with E-state index in [9.17, 15) is 8.42 Å². The van der Waals surface area contributed by atoms with Crippen LogP contribution in [-0.4, -0.2) is 33.7 Å². The highest BCUT2D eigenvalue weighted by Crippen LogP contribution is 2.40. The van der Waals surface area contributed by atoms with Gasteiger partial charge in [-0.05, 0) is 47.0 Å². The van der Waals surface area contributed by atoms with Crippen LogP contribution >= 0.6 is 15.9 Å². The lowest BCUT2D eigenvalue weighted by Crippen LogP contribution is -2.09. The van der Waals surface area contributed by atoms with Crippen LogP contribution in [0.2, 0.25) is 0 Å². The van der Waals surface area contributed by atoms with Gasteiger partial charge in [-0.2, -0.15) is 0 Å². The molecule has 6 nitrogen and oxygen atoms in total. The molecule has 3 aromatic rings. The van der Waals surface area contributed by atoms with E-state index in [1.165, 1.54) is 0 Å². The number of fused-ring (bicyclic) bond motifs is 1. The summed E-state index contributed by atoms with van der Waals surface area (Å²) < 4.78 is 27.7. The third-order valence-electron chi connectivity index (χ3n) is 4.54. The molecule has 0 aliphatic heterocycles. The van der Waals surface area contributed by atoms with Gasteiger partial charge in [-0.3, -0.25) is 0 Å². The summed E-state index contributed by atoms with van der Waals surface area (Å²) in [5, 5.41) is 0. The predicted octanol–water partition coefficient (Wildman–Crippen LogP) is 3.46. The zero-order valence-corrected chi connectivity index (χ0v) is 16.3. The van der Waals surface area contributed by atoms with Gasteiger partial charge in [-0.1, -0.05) is 6.92 Å². The molecule has 0 N–H and O–H groups in total. The predicted molar refractivity (Wildman–Crippen MR) is 99.1 cm³/mol. The molecule has 0 amide bonds. The summed E-state index contributed by atoms with van der Waals surface area (Å²) in [6, 6.07) is 5.34. The second kappa shape index (κ2) is 5.88. The maximum atomic E-state index is 12.6. The Kier molecular flexibility index (Phi) is 3.92. The van der Waals surface area contributed by atoms with Gasteiger partial charge in [0.2, 0.25) is 0 Å². The third-order valence-corrected chi connectivity index (χ3v) is 6.73. The molecule has 0 unspecified atom stereocenters. The Morgan fingerprint density at radius 3 is 2.72 bits per heavy atom. The highest BCUT2D eigenvalue weighted by Gasteiger charge is 2.29. The fraction of sp³-hybridized carbons (Fsp3) is 0.353. The Labute approximate surface area is 154 Å². The molecule has 0 aromatic carbocycles. The van der Waals surface area contributed by atoms with Gasteiger partial charge in [0, 0.05) is 18.7 Å². The highest BCUT2D eigenvalue weighted by molar-refractivity contribution is 9.10. The zero-order valence-electron chi connectivity index (χ0n) is 13.9. The Morgan fingerprint density at radius 1 is 1.28 bits per heavy atom. The minimum absolute atomic E-state index is 0.0293. The molecule has 4 rings (SSSR count). The summed E-state index contributed by atoms with van der Waals surface area (Å²) in [5.41, 5.74) is 2.95. The summed E-state index contributed by atoms with van der Waals surface area (Å²) >= 11 is 3.35. The van der Waals surface area contributed by atoms with E-state index in [0.717, 1.165) is 29.6 Å². The normalized spacial score (nSPS) is 15.0. The van der Waals surface area contributed by atoms with E-state index in [2.05, 4.69) is 25.9 Å².